The molecule has 13 nitrogen and oxygen atoms in total. The van der Waals surface area contributed by atoms with Crippen molar-refractivity contribution in [3.63, 3.8) is 0 Å². The number of nitrogens with one attached hydrogen (secondary N) is 2. The van der Waals surface area contributed by atoms with Gasteiger partial charge in [-0.05, 0) is 67.4 Å². The van der Waals surface area contributed by atoms with Crippen LogP contribution in [-0.4, -0.2) is 70.3 Å². The highest BCUT2D eigenvalue weighted by Crippen LogP contribution is 2.38. The van der Waals surface area contributed by atoms with Gasteiger partial charge in [0.2, 0.25) is 12.3 Å². The van der Waals surface area contributed by atoms with E-state index in [0.29, 0.717) is 37.0 Å². The highest BCUT2D eigenvalue weighted by molar-refractivity contribution is 8.18. The number of para-hydroxylation sites is 1. The molecule has 0 aromatic heterocycles. The number of amides is 3. The van der Waals surface area contributed by atoms with Gasteiger partial charge < -0.3 is 37.1 Å². The molecule has 1 aliphatic heterocycles. The van der Waals surface area contributed by atoms with E-state index in [2.05, 4.69) is 20.6 Å². The number of aliphatic hydroxyl groups excluding tert-OH is 1. The van der Waals surface area contributed by atoms with Gasteiger partial charge in [-0.1, -0.05) is 18.2 Å². The Kier molecular flexibility index (Phi) is 11.1. The quantitative estimate of drug-likeness (QED) is 0.0498. The molecule has 1 aliphatic rings. The summed E-state index contributed by atoms with van der Waals surface area (Å²) in [5.74, 6) is -1.11. The number of aliphatic imine (C=N–C) groups is 2. The fourth-order valence-electron chi connectivity index (χ4n) is 3.91. The second-order valence-corrected chi connectivity index (χ2v) is 9.88. The number of amidine groups is 1. The minimum atomic E-state index is -1.00. The molecular weight excluding hydrogens is 550 g/mol. The van der Waals surface area contributed by atoms with Crippen molar-refractivity contribution in [1.29, 1.82) is 0 Å². The monoisotopic (exact) mass is 583 g/mol. The summed E-state index contributed by atoms with van der Waals surface area (Å²) < 4.78 is 5.19. The Labute approximate surface area is 241 Å². The van der Waals surface area contributed by atoms with Crippen LogP contribution in [0, 0.1) is 0 Å². The van der Waals surface area contributed by atoms with E-state index in [1.54, 1.807) is 37.3 Å². The topological polar surface area (TPSA) is 205 Å². The van der Waals surface area contributed by atoms with Gasteiger partial charge in [-0.25, -0.2) is 4.99 Å². The lowest BCUT2D eigenvalue weighted by Gasteiger charge is -2.26. The lowest BCUT2D eigenvalue weighted by atomic mass is 10.1. The first-order valence-corrected chi connectivity index (χ1v) is 13.4. The molecule has 1 heterocycles. The molecular formula is C27H33N7O6S. The molecule has 0 radical (unpaired) electrons. The first kappa shape index (κ1) is 31.0. The molecule has 218 valence electrons. The fourth-order valence-corrected chi connectivity index (χ4v) is 4.98. The smallest absolute Gasteiger partial charge is 0.267 e. The van der Waals surface area contributed by atoms with Gasteiger partial charge in [-0.2, -0.15) is 0 Å². The number of phenols is 1. The minimum Gasteiger partial charge on any atom is -0.504 e. The van der Waals surface area contributed by atoms with Crippen LogP contribution < -0.4 is 26.8 Å². The summed E-state index contributed by atoms with van der Waals surface area (Å²) in [5.41, 5.74) is 12.0. The number of ether oxygens (including phenoxy) is 1. The third-order valence-electron chi connectivity index (χ3n) is 5.98. The van der Waals surface area contributed by atoms with Crippen LogP contribution in [0.5, 0.6) is 11.5 Å². The van der Waals surface area contributed by atoms with Crippen molar-refractivity contribution in [2.45, 2.75) is 38.6 Å². The van der Waals surface area contributed by atoms with Crippen LogP contribution in [0.1, 0.15) is 30.9 Å². The number of hydrogen-bond acceptors (Lipinski definition) is 9. The molecule has 2 atom stereocenters. The molecule has 8 N–H and O–H groups in total. The maximum absolute atomic E-state index is 13.7. The van der Waals surface area contributed by atoms with Crippen molar-refractivity contribution >= 4 is 52.9 Å². The number of guanidine groups is 1. The number of aliphatic hydroxyl groups is 1. The maximum atomic E-state index is 13.7. The molecule has 14 heteroatoms. The lowest BCUT2D eigenvalue weighted by Crippen LogP contribution is -2.53. The highest BCUT2D eigenvalue weighted by Gasteiger charge is 2.39. The molecule has 3 rings (SSSR count). The average molecular weight is 584 g/mol. The Balaban J connectivity index is 1.91. The van der Waals surface area contributed by atoms with Gasteiger partial charge in [-0.3, -0.25) is 24.3 Å². The van der Waals surface area contributed by atoms with Crippen LogP contribution in [0.2, 0.25) is 0 Å². The Morgan fingerprint density at radius 1 is 1.24 bits per heavy atom. The lowest BCUT2D eigenvalue weighted by molar-refractivity contribution is -0.133. The summed E-state index contributed by atoms with van der Waals surface area (Å²) in [5, 5.41) is 25.4. The number of thioether (sulfide) groups is 1. The molecule has 0 saturated carbocycles. The third kappa shape index (κ3) is 8.22. The largest absolute Gasteiger partial charge is 0.504 e. The van der Waals surface area contributed by atoms with E-state index >= 15 is 0 Å². The molecule has 1 saturated heterocycles. The molecule has 3 amide bonds. The van der Waals surface area contributed by atoms with Crippen molar-refractivity contribution in [2.24, 2.45) is 21.5 Å². The number of nitrogens with zero attached hydrogens (tertiary/aromatic N) is 3. The van der Waals surface area contributed by atoms with Gasteiger partial charge >= 0.3 is 0 Å². The Hall–Kier alpha value is -4.56. The molecule has 2 aromatic carbocycles. The number of benzene rings is 2. The number of carbonyl (C=O) groups excluding carboxylic acids is 3. The van der Waals surface area contributed by atoms with E-state index < -0.39 is 30.6 Å². The first-order chi connectivity index (χ1) is 19.7. The molecule has 0 aliphatic carbocycles. The second kappa shape index (κ2) is 14.7. The van der Waals surface area contributed by atoms with Gasteiger partial charge in [0.15, 0.2) is 22.6 Å². The van der Waals surface area contributed by atoms with Crippen molar-refractivity contribution < 1.29 is 29.3 Å². The van der Waals surface area contributed by atoms with E-state index in [0.717, 1.165) is 11.8 Å². The SMILES string of the molecule is COc1cc(C=C2SC(=Nc3ccccc3)N([C@@H](C)C(=O)N[C@@H](CCCN=C(N)N)NC=O)C2=O)cc(CO)c1O. The summed E-state index contributed by atoms with van der Waals surface area (Å²) >= 11 is 1.07. The normalized spacial score (nSPS) is 16.4. The standard InChI is InChI=1S/C27H33N7O6S/c1-16(24(38)33-22(31-15-36)9-6-10-30-26(28)29)34-25(39)21(41-27(34)32-19-7-4-3-5-8-19)13-17-11-18(14-35)23(37)20(12-17)40-2/h3-5,7-8,11-13,15-16,22,35,37H,6,9-10,14H2,1-2H3,(H,31,36)(H,33,38)(H4,28,29,30)/t16-,22-/m0/s1. The third-order valence-corrected chi connectivity index (χ3v) is 6.96. The number of carbonyl (C=O) groups is 3. The molecule has 2 aromatic rings. The summed E-state index contributed by atoms with van der Waals surface area (Å²) in [6, 6.07) is 11.0. The number of methoxy groups -OCH3 is 1. The Morgan fingerprint density at radius 2 is 1.98 bits per heavy atom. The van der Waals surface area contributed by atoms with Crippen molar-refractivity contribution in [2.75, 3.05) is 13.7 Å². The van der Waals surface area contributed by atoms with Crippen LogP contribution in [0.25, 0.3) is 6.08 Å². The van der Waals surface area contributed by atoms with Crippen LogP contribution in [0.15, 0.2) is 57.4 Å². The van der Waals surface area contributed by atoms with Gasteiger partial charge in [-0.15, -0.1) is 0 Å². The van der Waals surface area contributed by atoms with E-state index in [4.69, 9.17) is 16.2 Å². The Morgan fingerprint density at radius 3 is 2.61 bits per heavy atom. The summed E-state index contributed by atoms with van der Waals surface area (Å²) in [7, 11) is 1.38. The number of nitrogens with two attached hydrogens (primary N) is 2. The van der Waals surface area contributed by atoms with Crippen LogP contribution in [0.3, 0.4) is 0 Å². The molecule has 0 unspecified atom stereocenters. The predicted octanol–water partition coefficient (Wildman–Crippen LogP) is 1.13. The molecule has 41 heavy (non-hydrogen) atoms. The van der Waals surface area contributed by atoms with Gasteiger partial charge in [0.1, 0.15) is 12.2 Å². The van der Waals surface area contributed by atoms with Crippen molar-refractivity contribution in [3.05, 3.63) is 58.5 Å². The molecule has 0 bridgehead atoms. The highest BCUT2D eigenvalue weighted by atomic mass is 32.2. The van der Waals surface area contributed by atoms with E-state index in [-0.39, 0.29) is 33.1 Å². The summed E-state index contributed by atoms with van der Waals surface area (Å²) in [6.07, 6.45) is 2.16. The number of hydrogen-bond donors (Lipinski definition) is 6. The molecule has 1 fully saturated rings. The summed E-state index contributed by atoms with van der Waals surface area (Å²) in [4.78, 5) is 48.1. The average Bonchev–Trinajstić information content (AvgIpc) is 3.25. The van der Waals surface area contributed by atoms with Crippen molar-refractivity contribution in [1.82, 2.24) is 15.5 Å². The van der Waals surface area contributed by atoms with Gasteiger partial charge in [0, 0.05) is 12.1 Å². The van der Waals surface area contributed by atoms with Crippen molar-refractivity contribution in [3.8, 4) is 11.5 Å². The zero-order valence-electron chi connectivity index (χ0n) is 22.6. The Bertz CT molecular complexity index is 1320. The predicted molar refractivity (Wildman–Crippen MR) is 157 cm³/mol. The van der Waals surface area contributed by atoms with Gasteiger partial charge in [0.25, 0.3) is 5.91 Å². The van der Waals surface area contributed by atoms with Crippen LogP contribution in [0.4, 0.5) is 5.69 Å². The summed E-state index contributed by atoms with van der Waals surface area (Å²) in [6.45, 7) is 1.43. The number of aromatic hydroxyl groups is 1. The van der Waals surface area contributed by atoms with E-state index in [9.17, 15) is 24.6 Å². The van der Waals surface area contributed by atoms with Crippen LogP contribution in [-0.2, 0) is 21.0 Å². The van der Waals surface area contributed by atoms with Gasteiger partial charge in [0.05, 0.1) is 24.3 Å². The zero-order valence-corrected chi connectivity index (χ0v) is 23.4. The zero-order chi connectivity index (χ0) is 29.9. The van der Waals surface area contributed by atoms with E-state index in [1.165, 1.54) is 24.1 Å². The fraction of sp³-hybridized carbons (Fsp3) is 0.296. The van der Waals surface area contributed by atoms with Crippen LogP contribution >= 0.6 is 11.8 Å². The van der Waals surface area contributed by atoms with E-state index in [1.807, 2.05) is 6.07 Å². The minimum absolute atomic E-state index is 0.0555. The number of rotatable bonds is 13. The molecule has 0 spiro atoms. The maximum Gasteiger partial charge on any atom is 0.267 e. The second-order valence-electron chi connectivity index (χ2n) is 8.88. The first-order valence-electron chi connectivity index (χ1n) is 12.6.